The number of hydrogen-bond donors (Lipinski definition) is 0. The number of hydrogen-bond acceptors (Lipinski definition) is 2. The molecule has 2 heterocycles. The monoisotopic (exact) mass is 272 g/mol. The summed E-state index contributed by atoms with van der Waals surface area (Å²) in [6, 6.07) is 12.1. The van der Waals surface area contributed by atoms with Gasteiger partial charge in [0.15, 0.2) is 0 Å². The standard InChI is InChI=1S/C13H9BrN2/c14-8-12-10-5-3-7-15-13(10)9-4-1-2-6-11(9)16-12/h1-7H,8H2. The first kappa shape index (κ1) is 9.73. The van der Waals surface area contributed by atoms with Crippen LogP contribution in [-0.2, 0) is 5.33 Å². The summed E-state index contributed by atoms with van der Waals surface area (Å²) in [5.41, 5.74) is 3.08. The van der Waals surface area contributed by atoms with Gasteiger partial charge in [-0.2, -0.15) is 0 Å². The molecule has 0 spiro atoms. The van der Waals surface area contributed by atoms with Crippen molar-refractivity contribution in [2.24, 2.45) is 0 Å². The first-order valence-electron chi connectivity index (χ1n) is 5.08. The van der Waals surface area contributed by atoms with Gasteiger partial charge >= 0.3 is 0 Å². The van der Waals surface area contributed by atoms with E-state index in [1.54, 1.807) is 0 Å². The fraction of sp³-hybridized carbons (Fsp3) is 0.0769. The summed E-state index contributed by atoms with van der Waals surface area (Å²) in [4.78, 5) is 9.09. The second-order valence-electron chi connectivity index (χ2n) is 3.61. The highest BCUT2D eigenvalue weighted by atomic mass is 79.9. The number of halogens is 1. The van der Waals surface area contributed by atoms with Crippen LogP contribution in [0.4, 0.5) is 0 Å². The van der Waals surface area contributed by atoms with Gasteiger partial charge in [0.25, 0.3) is 0 Å². The minimum Gasteiger partial charge on any atom is -0.255 e. The number of aromatic nitrogens is 2. The molecule has 0 saturated carbocycles. The molecule has 2 aromatic heterocycles. The molecule has 0 fully saturated rings. The maximum Gasteiger partial charge on any atom is 0.0814 e. The van der Waals surface area contributed by atoms with Crippen LogP contribution in [0.3, 0.4) is 0 Å². The van der Waals surface area contributed by atoms with E-state index in [4.69, 9.17) is 0 Å². The van der Waals surface area contributed by atoms with E-state index >= 15 is 0 Å². The topological polar surface area (TPSA) is 25.8 Å². The van der Waals surface area contributed by atoms with Gasteiger partial charge in [0, 0.05) is 22.3 Å². The van der Waals surface area contributed by atoms with Crippen LogP contribution in [0.25, 0.3) is 21.8 Å². The number of pyridine rings is 2. The normalized spacial score (nSPS) is 11.1. The molecule has 3 aromatic rings. The Kier molecular flexibility index (Phi) is 2.33. The van der Waals surface area contributed by atoms with E-state index in [1.165, 1.54) is 0 Å². The van der Waals surface area contributed by atoms with Crippen LogP contribution in [0.1, 0.15) is 5.69 Å². The van der Waals surface area contributed by atoms with Gasteiger partial charge in [-0.05, 0) is 18.2 Å². The molecule has 0 bridgehead atoms. The Morgan fingerprint density at radius 2 is 1.81 bits per heavy atom. The van der Waals surface area contributed by atoms with Crippen LogP contribution in [0.2, 0.25) is 0 Å². The average molecular weight is 273 g/mol. The molecule has 3 heteroatoms. The maximum atomic E-state index is 4.63. The molecule has 3 rings (SSSR count). The number of nitrogens with zero attached hydrogens (tertiary/aromatic N) is 2. The quantitative estimate of drug-likeness (QED) is 0.499. The first-order chi connectivity index (χ1) is 7.90. The van der Waals surface area contributed by atoms with Crippen molar-refractivity contribution in [3.8, 4) is 0 Å². The fourth-order valence-corrected chi connectivity index (χ4v) is 2.36. The zero-order valence-corrected chi connectivity index (χ0v) is 10.1. The van der Waals surface area contributed by atoms with E-state index in [0.717, 1.165) is 32.8 Å². The van der Waals surface area contributed by atoms with Gasteiger partial charge in [0.2, 0.25) is 0 Å². The van der Waals surface area contributed by atoms with E-state index in [9.17, 15) is 0 Å². The molecule has 0 aliphatic heterocycles. The van der Waals surface area contributed by atoms with Crippen molar-refractivity contribution >= 4 is 37.7 Å². The molecule has 0 amide bonds. The molecule has 16 heavy (non-hydrogen) atoms. The van der Waals surface area contributed by atoms with Gasteiger partial charge in [-0.1, -0.05) is 34.1 Å². The van der Waals surface area contributed by atoms with Gasteiger partial charge in [-0.25, -0.2) is 0 Å². The Balaban J connectivity index is 2.57. The van der Waals surface area contributed by atoms with Crippen LogP contribution in [-0.4, -0.2) is 9.97 Å². The number of alkyl halides is 1. The molecule has 2 nitrogen and oxygen atoms in total. The fourth-order valence-electron chi connectivity index (χ4n) is 1.93. The molecule has 0 saturated heterocycles. The Labute approximate surface area is 101 Å². The molecule has 0 radical (unpaired) electrons. The third-order valence-corrected chi connectivity index (χ3v) is 3.19. The SMILES string of the molecule is BrCc1nc2ccccc2c2ncccc12. The second-order valence-corrected chi connectivity index (χ2v) is 4.17. The van der Waals surface area contributed by atoms with E-state index in [-0.39, 0.29) is 0 Å². The van der Waals surface area contributed by atoms with Gasteiger partial charge in [0.1, 0.15) is 0 Å². The lowest BCUT2D eigenvalue weighted by Gasteiger charge is -2.06. The Bertz CT molecular complexity index is 664. The summed E-state index contributed by atoms with van der Waals surface area (Å²) < 4.78 is 0. The van der Waals surface area contributed by atoms with Crippen LogP contribution in [0.15, 0.2) is 42.6 Å². The van der Waals surface area contributed by atoms with Crippen LogP contribution in [0.5, 0.6) is 0 Å². The van der Waals surface area contributed by atoms with Gasteiger partial charge in [-0.3, -0.25) is 9.97 Å². The third-order valence-electron chi connectivity index (χ3n) is 2.66. The van der Waals surface area contributed by atoms with Gasteiger partial charge in [0.05, 0.1) is 16.7 Å². The molecule has 0 aliphatic rings. The van der Waals surface area contributed by atoms with E-state index in [2.05, 4.69) is 38.0 Å². The number of fused-ring (bicyclic) bond motifs is 3. The molecule has 0 N–H and O–H groups in total. The van der Waals surface area contributed by atoms with Crippen LogP contribution < -0.4 is 0 Å². The molecular formula is C13H9BrN2. The zero-order chi connectivity index (χ0) is 11.0. The molecule has 78 valence electrons. The zero-order valence-electron chi connectivity index (χ0n) is 8.52. The Morgan fingerprint density at radius 1 is 1.00 bits per heavy atom. The lowest BCUT2D eigenvalue weighted by Crippen LogP contribution is -1.91. The van der Waals surface area contributed by atoms with Crippen LogP contribution >= 0.6 is 15.9 Å². The lowest BCUT2D eigenvalue weighted by atomic mass is 10.1. The Morgan fingerprint density at radius 3 is 2.69 bits per heavy atom. The van der Waals surface area contributed by atoms with Crippen molar-refractivity contribution in [2.75, 3.05) is 0 Å². The first-order valence-corrected chi connectivity index (χ1v) is 6.20. The van der Waals surface area contributed by atoms with Crippen molar-refractivity contribution in [1.29, 1.82) is 0 Å². The molecule has 0 unspecified atom stereocenters. The van der Waals surface area contributed by atoms with Crippen molar-refractivity contribution in [3.05, 3.63) is 48.3 Å². The summed E-state index contributed by atoms with van der Waals surface area (Å²) in [6.07, 6.45) is 1.83. The van der Waals surface area contributed by atoms with Crippen molar-refractivity contribution in [3.63, 3.8) is 0 Å². The van der Waals surface area contributed by atoms with E-state index < -0.39 is 0 Å². The minimum atomic E-state index is 0.750. The number of rotatable bonds is 1. The minimum absolute atomic E-state index is 0.750. The van der Waals surface area contributed by atoms with E-state index in [0.29, 0.717) is 0 Å². The highest BCUT2D eigenvalue weighted by molar-refractivity contribution is 9.08. The van der Waals surface area contributed by atoms with Crippen LogP contribution in [0, 0.1) is 0 Å². The predicted octanol–water partition coefficient (Wildman–Crippen LogP) is 3.68. The summed E-state index contributed by atoms with van der Waals surface area (Å²) in [5.74, 6) is 0. The third kappa shape index (κ3) is 1.39. The molecule has 0 atom stereocenters. The number of benzene rings is 1. The number of para-hydroxylation sites is 1. The molecule has 0 aliphatic carbocycles. The van der Waals surface area contributed by atoms with Crippen molar-refractivity contribution < 1.29 is 0 Å². The summed E-state index contributed by atoms with van der Waals surface area (Å²) in [6.45, 7) is 0. The molecular weight excluding hydrogens is 264 g/mol. The highest BCUT2D eigenvalue weighted by Gasteiger charge is 2.06. The summed E-state index contributed by atoms with van der Waals surface area (Å²) in [5, 5.41) is 2.99. The van der Waals surface area contributed by atoms with Crippen molar-refractivity contribution in [2.45, 2.75) is 5.33 Å². The highest BCUT2D eigenvalue weighted by Crippen LogP contribution is 2.25. The predicted molar refractivity (Wildman–Crippen MR) is 69.7 cm³/mol. The largest absolute Gasteiger partial charge is 0.255 e. The summed E-state index contributed by atoms with van der Waals surface area (Å²) in [7, 11) is 0. The summed E-state index contributed by atoms with van der Waals surface area (Å²) >= 11 is 3.47. The maximum absolute atomic E-state index is 4.63. The average Bonchev–Trinajstić information content (AvgIpc) is 2.38. The molecule has 1 aromatic carbocycles. The van der Waals surface area contributed by atoms with E-state index in [1.807, 2.05) is 30.5 Å². The Hall–Kier alpha value is -1.48. The van der Waals surface area contributed by atoms with Gasteiger partial charge < -0.3 is 0 Å². The smallest absolute Gasteiger partial charge is 0.0814 e. The second kappa shape index (κ2) is 3.83. The lowest BCUT2D eigenvalue weighted by molar-refractivity contribution is 1.26. The van der Waals surface area contributed by atoms with Crippen molar-refractivity contribution in [1.82, 2.24) is 9.97 Å². The van der Waals surface area contributed by atoms with Gasteiger partial charge in [-0.15, -0.1) is 0 Å².